The molecule has 0 aliphatic heterocycles. The lowest BCUT2D eigenvalue weighted by molar-refractivity contribution is -0.146. The van der Waals surface area contributed by atoms with Crippen molar-refractivity contribution in [1.29, 1.82) is 0 Å². The average Bonchev–Trinajstić information content (AvgIpc) is 3.25. The van der Waals surface area contributed by atoms with Crippen LogP contribution < -0.4 is 0 Å². The highest BCUT2D eigenvalue weighted by Crippen LogP contribution is 2.21. The summed E-state index contributed by atoms with van der Waals surface area (Å²) in [5, 5.41) is 19.2. The summed E-state index contributed by atoms with van der Waals surface area (Å²) in [6.07, 6.45) is 44.1. The molecule has 0 saturated heterocycles. The van der Waals surface area contributed by atoms with Crippen LogP contribution >= 0.6 is 0 Å². The largest absolute Gasteiger partial charge is 0.465 e. The molecule has 0 spiro atoms. The minimum Gasteiger partial charge on any atom is -0.465 e. The van der Waals surface area contributed by atoms with Gasteiger partial charge in [-0.2, -0.15) is 0 Å². The van der Waals surface area contributed by atoms with Crippen LogP contribution in [0.3, 0.4) is 0 Å². The number of aliphatic hydroxyl groups is 2. The molecule has 0 heterocycles. The average molecular weight is 839 g/mol. The van der Waals surface area contributed by atoms with E-state index in [0.717, 1.165) is 57.8 Å². The molecule has 6 heteroatoms. The van der Waals surface area contributed by atoms with Crippen LogP contribution in [0.4, 0.5) is 0 Å². The van der Waals surface area contributed by atoms with Crippen LogP contribution in [0.25, 0.3) is 0 Å². The van der Waals surface area contributed by atoms with Crippen molar-refractivity contribution in [2.75, 3.05) is 26.4 Å². The van der Waals surface area contributed by atoms with E-state index in [4.69, 9.17) is 9.47 Å². The van der Waals surface area contributed by atoms with Gasteiger partial charge in [0.25, 0.3) is 0 Å². The fourth-order valence-electron chi connectivity index (χ4n) is 8.18. The Labute approximate surface area is 369 Å². The van der Waals surface area contributed by atoms with Gasteiger partial charge >= 0.3 is 11.9 Å². The van der Waals surface area contributed by atoms with Crippen LogP contribution in [0.2, 0.25) is 0 Å². The third-order valence-corrected chi connectivity index (χ3v) is 12.7. The Bertz CT molecular complexity index is 833. The number of esters is 2. The molecule has 0 rings (SSSR count). The van der Waals surface area contributed by atoms with Gasteiger partial charge < -0.3 is 19.7 Å². The first-order chi connectivity index (χ1) is 28.8. The van der Waals surface area contributed by atoms with Gasteiger partial charge in [0.1, 0.15) is 0 Å². The number of carbonyl (C=O) groups excluding carboxylic acids is 2. The van der Waals surface area contributed by atoms with Crippen molar-refractivity contribution >= 4 is 11.9 Å². The van der Waals surface area contributed by atoms with Crippen molar-refractivity contribution in [3.05, 3.63) is 0 Å². The van der Waals surface area contributed by atoms with E-state index in [1.807, 2.05) is 0 Å². The van der Waals surface area contributed by atoms with Crippen molar-refractivity contribution in [2.24, 2.45) is 23.7 Å². The Morgan fingerprint density at radius 3 is 0.932 bits per heavy atom. The molecule has 0 aromatic heterocycles. The van der Waals surface area contributed by atoms with E-state index < -0.39 is 0 Å². The molecule has 4 atom stereocenters. The molecule has 0 aliphatic rings. The number of rotatable bonds is 45. The van der Waals surface area contributed by atoms with Gasteiger partial charge in [0.05, 0.1) is 13.2 Å². The molecular formula is C53H106O6. The molecule has 0 aliphatic carbocycles. The summed E-state index contributed by atoms with van der Waals surface area (Å²) in [5.74, 6) is 2.05. The fraction of sp³-hybridized carbons (Fsp3) is 0.962. The number of hydrogen-bond donors (Lipinski definition) is 2. The normalized spacial score (nSPS) is 13.4. The zero-order valence-corrected chi connectivity index (χ0v) is 40.8. The molecule has 0 radical (unpaired) electrons. The molecule has 0 aromatic carbocycles. The van der Waals surface area contributed by atoms with E-state index in [1.54, 1.807) is 0 Å². The summed E-state index contributed by atoms with van der Waals surface area (Å²) >= 11 is 0. The van der Waals surface area contributed by atoms with Crippen LogP contribution in [0.5, 0.6) is 0 Å². The number of aliphatic hydroxyl groups excluding tert-OH is 2. The SMILES string of the molecule is CCCCCCCCC(CO)CCCCCCCCC(=O)OCC(CC)CCCC.CCCCCCCCCC(CO)CCCCCCCC(=O)OCC(CC)CCC. The Balaban J connectivity index is 0. The number of ether oxygens (including phenoxy) is 2. The van der Waals surface area contributed by atoms with Crippen molar-refractivity contribution in [3.63, 3.8) is 0 Å². The summed E-state index contributed by atoms with van der Waals surface area (Å²) in [4.78, 5) is 23.7. The second-order valence-corrected chi connectivity index (χ2v) is 18.4. The lowest BCUT2D eigenvalue weighted by Gasteiger charge is -2.14. The molecule has 4 unspecified atom stereocenters. The monoisotopic (exact) mass is 839 g/mol. The number of unbranched alkanes of at least 4 members (excludes halogenated alkanes) is 21. The summed E-state index contributed by atoms with van der Waals surface area (Å²) in [6.45, 7) is 15.2. The molecule has 2 N–H and O–H groups in total. The molecule has 354 valence electrons. The van der Waals surface area contributed by atoms with Crippen molar-refractivity contribution in [3.8, 4) is 0 Å². The molecular weight excluding hydrogens is 733 g/mol. The Morgan fingerprint density at radius 1 is 0.339 bits per heavy atom. The lowest BCUT2D eigenvalue weighted by Crippen LogP contribution is -2.13. The van der Waals surface area contributed by atoms with Crippen molar-refractivity contribution in [2.45, 2.75) is 279 Å². The summed E-state index contributed by atoms with van der Waals surface area (Å²) in [6, 6.07) is 0. The Morgan fingerprint density at radius 2 is 0.627 bits per heavy atom. The molecule has 0 bridgehead atoms. The first-order valence-electron chi connectivity index (χ1n) is 26.4. The molecule has 6 nitrogen and oxygen atoms in total. The van der Waals surface area contributed by atoms with Crippen molar-refractivity contribution < 1.29 is 29.3 Å². The van der Waals surface area contributed by atoms with Crippen LogP contribution in [-0.2, 0) is 19.1 Å². The minimum atomic E-state index is -0.0189. The van der Waals surface area contributed by atoms with Gasteiger partial charge in [-0.15, -0.1) is 0 Å². The van der Waals surface area contributed by atoms with E-state index in [-0.39, 0.29) is 11.9 Å². The summed E-state index contributed by atoms with van der Waals surface area (Å²) in [7, 11) is 0. The smallest absolute Gasteiger partial charge is 0.305 e. The fourth-order valence-corrected chi connectivity index (χ4v) is 8.18. The third-order valence-electron chi connectivity index (χ3n) is 12.7. The zero-order chi connectivity index (χ0) is 43.9. The van der Waals surface area contributed by atoms with E-state index in [0.29, 0.717) is 62.9 Å². The van der Waals surface area contributed by atoms with E-state index in [1.165, 1.54) is 167 Å². The van der Waals surface area contributed by atoms with E-state index >= 15 is 0 Å². The van der Waals surface area contributed by atoms with Gasteiger partial charge in [0, 0.05) is 26.1 Å². The first-order valence-corrected chi connectivity index (χ1v) is 26.4. The molecule has 0 fully saturated rings. The number of hydrogen-bond acceptors (Lipinski definition) is 6. The van der Waals surface area contributed by atoms with E-state index in [2.05, 4.69) is 41.5 Å². The maximum atomic E-state index is 11.9. The van der Waals surface area contributed by atoms with Crippen molar-refractivity contribution in [1.82, 2.24) is 0 Å². The standard InChI is InChI=1S/C27H54O3.C26H52O3/c1-4-7-9-10-13-16-20-26(23-28)21-17-14-11-12-15-18-22-27(29)30-24-25(6-3)19-8-5-2;1-4-7-8-9-10-12-15-19-25(22-27)20-16-13-11-14-17-21-26(28)29-23-24(6-3)18-5-2/h25-26,28H,4-24H2,1-3H3;24-25,27H,4-23H2,1-3H3. The quantitative estimate of drug-likeness (QED) is 0.0469. The highest BCUT2D eigenvalue weighted by Gasteiger charge is 2.12. The van der Waals surface area contributed by atoms with Crippen LogP contribution in [0.15, 0.2) is 0 Å². The zero-order valence-electron chi connectivity index (χ0n) is 40.8. The van der Waals surface area contributed by atoms with Gasteiger partial charge in [0.15, 0.2) is 0 Å². The Hall–Kier alpha value is -1.14. The minimum absolute atomic E-state index is 0.00886. The van der Waals surface area contributed by atoms with Gasteiger partial charge in [-0.1, -0.05) is 215 Å². The highest BCUT2D eigenvalue weighted by molar-refractivity contribution is 5.69. The van der Waals surface area contributed by atoms with Gasteiger partial charge in [-0.25, -0.2) is 0 Å². The van der Waals surface area contributed by atoms with Gasteiger partial charge in [-0.3, -0.25) is 9.59 Å². The second-order valence-electron chi connectivity index (χ2n) is 18.4. The Kier molecular flexibility index (Phi) is 50.3. The lowest BCUT2D eigenvalue weighted by atomic mass is 9.95. The predicted octanol–water partition coefficient (Wildman–Crippen LogP) is 16.1. The molecule has 0 aromatic rings. The van der Waals surface area contributed by atoms with E-state index in [9.17, 15) is 19.8 Å². The third kappa shape index (κ3) is 44.7. The molecule has 0 saturated carbocycles. The van der Waals surface area contributed by atoms with Gasteiger partial charge in [0.2, 0.25) is 0 Å². The number of carbonyl (C=O) groups is 2. The summed E-state index contributed by atoms with van der Waals surface area (Å²) in [5.41, 5.74) is 0. The maximum Gasteiger partial charge on any atom is 0.305 e. The predicted molar refractivity (Wildman–Crippen MR) is 255 cm³/mol. The molecule has 59 heavy (non-hydrogen) atoms. The van der Waals surface area contributed by atoms with Crippen LogP contribution in [0, 0.1) is 23.7 Å². The second kappa shape index (κ2) is 49.5. The van der Waals surface area contributed by atoms with Gasteiger partial charge in [-0.05, 0) is 75.0 Å². The molecule has 0 amide bonds. The highest BCUT2D eigenvalue weighted by atomic mass is 16.5. The van der Waals surface area contributed by atoms with Crippen LogP contribution in [-0.4, -0.2) is 48.6 Å². The summed E-state index contributed by atoms with van der Waals surface area (Å²) < 4.78 is 10.9. The maximum absolute atomic E-state index is 11.9. The van der Waals surface area contributed by atoms with Crippen LogP contribution in [0.1, 0.15) is 279 Å². The first kappa shape index (κ1) is 60.0. The topological polar surface area (TPSA) is 93.1 Å².